The molecule has 0 amide bonds. The van der Waals surface area contributed by atoms with Crippen LogP contribution in [-0.2, 0) is 0 Å². The van der Waals surface area contributed by atoms with Crippen molar-refractivity contribution in [2.24, 2.45) is 0 Å². The minimum absolute atomic E-state index is 0.122. The second kappa shape index (κ2) is 3.48. The van der Waals surface area contributed by atoms with E-state index in [0.29, 0.717) is 0 Å². The number of alkyl halides is 1. The summed E-state index contributed by atoms with van der Waals surface area (Å²) in [5.41, 5.74) is 0. The Hall–Kier alpha value is -0.710. The fraction of sp³-hybridized carbons (Fsp3) is 0.600. The van der Waals surface area contributed by atoms with Gasteiger partial charge >= 0.3 is 0 Å². The molecule has 0 saturated heterocycles. The Morgan fingerprint density at radius 2 is 2.43 bits per heavy atom. The molecule has 1 unspecified atom stereocenters. The minimum Gasteiger partial charge on any atom is -0.462 e. The zero-order chi connectivity index (χ0) is 5.70. The maximum absolute atomic E-state index is 11.7. The van der Waals surface area contributed by atoms with Crippen molar-refractivity contribution in [3.05, 3.63) is 0 Å². The zero-order valence-corrected chi connectivity index (χ0v) is 4.11. The van der Waals surface area contributed by atoms with Crippen LogP contribution in [0.3, 0.4) is 0 Å². The number of halogens is 1. The van der Waals surface area contributed by atoms with Gasteiger partial charge in [0.1, 0.15) is 12.3 Å². The first-order valence-corrected chi connectivity index (χ1v) is 2.03. The van der Waals surface area contributed by atoms with Crippen LogP contribution in [0.25, 0.3) is 0 Å². The van der Waals surface area contributed by atoms with Crippen molar-refractivity contribution in [2.45, 2.75) is 19.5 Å². The van der Waals surface area contributed by atoms with E-state index in [-0.39, 0.29) is 6.42 Å². The van der Waals surface area contributed by atoms with Crippen molar-refractivity contribution >= 4 is 0 Å². The van der Waals surface area contributed by atoms with Crippen LogP contribution in [0.15, 0.2) is 0 Å². The molecule has 7 heavy (non-hydrogen) atoms. The molecule has 0 saturated carbocycles. The molecule has 0 radical (unpaired) electrons. The standard InChI is InChI=1S/C5H7FO/c1-5(6)3-2-4-7/h5,7H,3H2,1H3. The minimum atomic E-state index is -0.931. The van der Waals surface area contributed by atoms with E-state index < -0.39 is 6.17 Å². The lowest BCUT2D eigenvalue weighted by atomic mass is 10.3. The predicted octanol–water partition coefficient (Wildman–Crippen LogP) is 1.07. The monoisotopic (exact) mass is 102 g/mol. The summed E-state index contributed by atoms with van der Waals surface area (Å²) >= 11 is 0. The van der Waals surface area contributed by atoms with E-state index in [2.05, 4.69) is 5.92 Å². The fourth-order valence-electron chi connectivity index (χ4n) is 0.186. The van der Waals surface area contributed by atoms with Crippen molar-refractivity contribution in [3.63, 3.8) is 0 Å². The van der Waals surface area contributed by atoms with E-state index in [4.69, 9.17) is 5.11 Å². The van der Waals surface area contributed by atoms with E-state index in [1.54, 1.807) is 6.11 Å². The third-order valence-electron chi connectivity index (χ3n) is 0.462. The molecule has 0 aliphatic heterocycles. The van der Waals surface area contributed by atoms with Crippen LogP contribution in [-0.4, -0.2) is 11.3 Å². The molecule has 0 heterocycles. The van der Waals surface area contributed by atoms with Crippen LogP contribution < -0.4 is 0 Å². The van der Waals surface area contributed by atoms with E-state index in [9.17, 15) is 4.39 Å². The van der Waals surface area contributed by atoms with Gasteiger partial charge < -0.3 is 5.11 Å². The highest BCUT2D eigenvalue weighted by Gasteiger charge is 1.89. The average Bonchev–Trinajstić information content (AvgIpc) is 1.61. The first-order valence-electron chi connectivity index (χ1n) is 2.03. The van der Waals surface area contributed by atoms with E-state index in [0.717, 1.165) is 0 Å². The normalized spacial score (nSPS) is 11.7. The Bertz CT molecular complexity index is 88.0. The quantitative estimate of drug-likeness (QED) is 0.491. The van der Waals surface area contributed by atoms with E-state index >= 15 is 0 Å². The second-order valence-electron chi connectivity index (χ2n) is 1.27. The third kappa shape index (κ3) is 5.29. The van der Waals surface area contributed by atoms with Crippen LogP contribution in [0, 0.1) is 12.0 Å². The molecular weight excluding hydrogens is 95.1 g/mol. The molecule has 0 bridgehead atoms. The first kappa shape index (κ1) is 6.29. The second-order valence-corrected chi connectivity index (χ2v) is 1.27. The third-order valence-corrected chi connectivity index (χ3v) is 0.462. The van der Waals surface area contributed by atoms with Gasteiger partial charge in [-0.25, -0.2) is 4.39 Å². The fourth-order valence-corrected chi connectivity index (χ4v) is 0.186. The average molecular weight is 102 g/mol. The Morgan fingerprint density at radius 3 is 2.57 bits per heavy atom. The summed E-state index contributed by atoms with van der Waals surface area (Å²) in [5, 5.41) is 7.79. The predicted molar refractivity (Wildman–Crippen MR) is 24.9 cm³/mol. The molecule has 0 rings (SSSR count). The molecule has 0 aromatic rings. The van der Waals surface area contributed by atoms with Crippen molar-refractivity contribution < 1.29 is 9.50 Å². The molecule has 0 aromatic carbocycles. The van der Waals surface area contributed by atoms with Crippen LogP contribution in [0.4, 0.5) is 4.39 Å². The van der Waals surface area contributed by atoms with Gasteiger partial charge in [-0.05, 0) is 6.92 Å². The lowest BCUT2D eigenvalue weighted by Crippen LogP contribution is -1.86. The number of aliphatic hydroxyl groups excluding tert-OH is 1. The van der Waals surface area contributed by atoms with Gasteiger partial charge in [-0.3, -0.25) is 0 Å². The number of aliphatic hydroxyl groups is 1. The number of hydrogen-bond acceptors (Lipinski definition) is 1. The van der Waals surface area contributed by atoms with E-state index in [1.165, 1.54) is 6.92 Å². The maximum Gasteiger partial charge on any atom is 0.108 e. The number of rotatable bonds is 1. The summed E-state index contributed by atoms with van der Waals surface area (Å²) in [6, 6.07) is 0. The molecule has 1 atom stereocenters. The van der Waals surface area contributed by atoms with Gasteiger partial charge in [0.05, 0.1) is 0 Å². The maximum atomic E-state index is 11.7. The SMILES string of the molecule is CC(F)CC#CO. The lowest BCUT2D eigenvalue weighted by molar-refractivity contribution is 0.368. The van der Waals surface area contributed by atoms with E-state index in [1.807, 2.05) is 0 Å². The van der Waals surface area contributed by atoms with Gasteiger partial charge in [0, 0.05) is 6.42 Å². The molecule has 0 aromatic heterocycles. The van der Waals surface area contributed by atoms with Gasteiger partial charge in [0.2, 0.25) is 0 Å². The smallest absolute Gasteiger partial charge is 0.108 e. The van der Waals surface area contributed by atoms with Gasteiger partial charge in [-0.15, -0.1) is 0 Å². The Kier molecular flexibility index (Phi) is 3.13. The highest BCUT2D eigenvalue weighted by atomic mass is 19.1. The Labute approximate surface area is 42.2 Å². The van der Waals surface area contributed by atoms with Crippen molar-refractivity contribution in [3.8, 4) is 12.0 Å². The first-order chi connectivity index (χ1) is 3.27. The summed E-state index contributed by atoms with van der Waals surface area (Å²) in [6.45, 7) is 1.39. The molecule has 2 heteroatoms. The van der Waals surface area contributed by atoms with Crippen molar-refractivity contribution in [2.75, 3.05) is 0 Å². The topological polar surface area (TPSA) is 20.2 Å². The van der Waals surface area contributed by atoms with Crippen molar-refractivity contribution in [1.82, 2.24) is 0 Å². The molecule has 1 nitrogen and oxygen atoms in total. The van der Waals surface area contributed by atoms with Crippen LogP contribution in [0.2, 0.25) is 0 Å². The Morgan fingerprint density at radius 1 is 1.86 bits per heavy atom. The van der Waals surface area contributed by atoms with Crippen molar-refractivity contribution in [1.29, 1.82) is 0 Å². The van der Waals surface area contributed by atoms with Crippen LogP contribution >= 0.6 is 0 Å². The molecular formula is C5H7FO. The molecule has 0 fully saturated rings. The molecule has 1 N–H and O–H groups in total. The molecule has 0 aliphatic carbocycles. The highest BCUT2D eigenvalue weighted by molar-refractivity contribution is 4.90. The Balaban J connectivity index is 3.08. The van der Waals surface area contributed by atoms with Gasteiger partial charge in [0.15, 0.2) is 0 Å². The van der Waals surface area contributed by atoms with Crippen LogP contribution in [0.5, 0.6) is 0 Å². The molecule has 0 aliphatic rings. The summed E-state index contributed by atoms with van der Waals surface area (Å²) in [5.74, 6) is 2.18. The van der Waals surface area contributed by atoms with Gasteiger partial charge in [0.25, 0.3) is 0 Å². The summed E-state index contributed by atoms with van der Waals surface area (Å²) < 4.78 is 11.7. The molecule has 40 valence electrons. The largest absolute Gasteiger partial charge is 0.462 e. The number of hydrogen-bond donors (Lipinski definition) is 1. The summed E-state index contributed by atoms with van der Waals surface area (Å²) in [7, 11) is 0. The summed E-state index contributed by atoms with van der Waals surface area (Å²) in [6.07, 6.45) is 0.800. The molecule has 0 spiro atoms. The van der Waals surface area contributed by atoms with Gasteiger partial charge in [-0.1, -0.05) is 5.92 Å². The summed E-state index contributed by atoms with van der Waals surface area (Å²) in [4.78, 5) is 0. The zero-order valence-electron chi connectivity index (χ0n) is 4.11. The van der Waals surface area contributed by atoms with Crippen LogP contribution in [0.1, 0.15) is 13.3 Å². The lowest BCUT2D eigenvalue weighted by Gasteiger charge is -1.86. The van der Waals surface area contributed by atoms with Gasteiger partial charge in [-0.2, -0.15) is 0 Å². The highest BCUT2D eigenvalue weighted by Crippen LogP contribution is 1.90.